The molecule has 5 rings (SSSR count). The van der Waals surface area contributed by atoms with Crippen molar-refractivity contribution in [1.29, 1.82) is 0 Å². The molecule has 0 aliphatic heterocycles. The first-order valence-corrected chi connectivity index (χ1v) is 12.8. The molecule has 0 radical (unpaired) electrons. The minimum atomic E-state index is -0.229. The van der Waals surface area contributed by atoms with Crippen LogP contribution < -0.4 is 16.0 Å². The summed E-state index contributed by atoms with van der Waals surface area (Å²) < 4.78 is 0. The van der Waals surface area contributed by atoms with E-state index < -0.39 is 0 Å². The molecule has 4 N–H and O–H groups in total. The van der Waals surface area contributed by atoms with Crippen LogP contribution in [0.3, 0.4) is 0 Å². The number of rotatable bonds is 8. The molecule has 0 saturated heterocycles. The van der Waals surface area contributed by atoms with Crippen LogP contribution in [0.5, 0.6) is 0 Å². The van der Waals surface area contributed by atoms with Gasteiger partial charge < -0.3 is 20.9 Å². The van der Waals surface area contributed by atoms with E-state index in [0.717, 1.165) is 36.2 Å². The van der Waals surface area contributed by atoms with E-state index in [1.54, 1.807) is 12.1 Å². The number of carbonyl (C=O) groups is 2. The molecule has 1 aliphatic carbocycles. The standard InChI is InChI=1S/C30H32N4O2/c35-29(31-18-17-22-20-32-27-14-8-7-13-25(22)27)21-15-16-28(33-23-9-3-1-4-10-23)26(19-21)30(36)34-24-11-5-2-6-12-24/h2,5-8,11-16,19-20,23,32-33H,1,3-4,9-10,17-18H2,(H,31,35)(H,34,36). The zero-order valence-electron chi connectivity index (χ0n) is 20.3. The Labute approximate surface area is 211 Å². The molecule has 184 valence electrons. The zero-order valence-corrected chi connectivity index (χ0v) is 20.3. The Kier molecular flexibility index (Phi) is 7.31. The van der Waals surface area contributed by atoms with Crippen LogP contribution in [0.4, 0.5) is 11.4 Å². The summed E-state index contributed by atoms with van der Waals surface area (Å²) in [7, 11) is 0. The topological polar surface area (TPSA) is 86.0 Å². The van der Waals surface area contributed by atoms with Crippen LogP contribution in [0.1, 0.15) is 58.4 Å². The van der Waals surface area contributed by atoms with Gasteiger partial charge in [0.15, 0.2) is 0 Å². The molecular formula is C30H32N4O2. The van der Waals surface area contributed by atoms with Crippen molar-refractivity contribution in [3.63, 3.8) is 0 Å². The van der Waals surface area contributed by atoms with Crippen molar-refractivity contribution in [3.8, 4) is 0 Å². The smallest absolute Gasteiger partial charge is 0.257 e. The van der Waals surface area contributed by atoms with Crippen molar-refractivity contribution >= 4 is 34.1 Å². The highest BCUT2D eigenvalue weighted by atomic mass is 16.2. The number of nitrogens with one attached hydrogen (secondary N) is 4. The molecule has 0 bridgehead atoms. The Morgan fingerprint density at radius 2 is 1.64 bits per heavy atom. The monoisotopic (exact) mass is 480 g/mol. The van der Waals surface area contributed by atoms with Crippen molar-refractivity contribution in [2.45, 2.75) is 44.6 Å². The van der Waals surface area contributed by atoms with Gasteiger partial charge in [-0.05, 0) is 61.2 Å². The summed E-state index contributed by atoms with van der Waals surface area (Å²) in [6.07, 6.45) is 8.55. The zero-order chi connectivity index (χ0) is 24.7. The van der Waals surface area contributed by atoms with Gasteiger partial charge >= 0.3 is 0 Å². The van der Waals surface area contributed by atoms with Gasteiger partial charge in [-0.3, -0.25) is 9.59 Å². The third-order valence-electron chi connectivity index (χ3n) is 6.88. The molecule has 0 spiro atoms. The van der Waals surface area contributed by atoms with Crippen molar-refractivity contribution in [2.75, 3.05) is 17.2 Å². The first-order valence-electron chi connectivity index (χ1n) is 12.8. The molecule has 1 saturated carbocycles. The maximum atomic E-state index is 13.3. The summed E-state index contributed by atoms with van der Waals surface area (Å²) in [6.45, 7) is 0.508. The number of carbonyl (C=O) groups excluding carboxylic acids is 2. The molecule has 0 atom stereocenters. The van der Waals surface area contributed by atoms with Gasteiger partial charge in [-0.2, -0.15) is 0 Å². The van der Waals surface area contributed by atoms with Gasteiger partial charge in [0.2, 0.25) is 0 Å². The quantitative estimate of drug-likeness (QED) is 0.244. The third-order valence-corrected chi connectivity index (χ3v) is 6.88. The van der Waals surface area contributed by atoms with Gasteiger partial charge in [0, 0.05) is 46.6 Å². The van der Waals surface area contributed by atoms with Gasteiger partial charge in [-0.15, -0.1) is 0 Å². The number of fused-ring (bicyclic) bond motifs is 1. The third kappa shape index (κ3) is 5.60. The second-order valence-electron chi connectivity index (χ2n) is 9.43. The molecule has 36 heavy (non-hydrogen) atoms. The Hall–Kier alpha value is -4.06. The predicted molar refractivity (Wildman–Crippen MR) is 146 cm³/mol. The van der Waals surface area contributed by atoms with E-state index in [2.05, 4.69) is 27.0 Å². The number of aromatic amines is 1. The van der Waals surface area contributed by atoms with Crippen LogP contribution in [0.2, 0.25) is 0 Å². The lowest BCUT2D eigenvalue weighted by molar-refractivity contribution is 0.0954. The molecule has 1 aliphatic rings. The maximum absolute atomic E-state index is 13.3. The minimum absolute atomic E-state index is 0.187. The lowest BCUT2D eigenvalue weighted by Crippen LogP contribution is -2.27. The first-order chi connectivity index (χ1) is 17.7. The molecule has 1 aromatic heterocycles. The highest BCUT2D eigenvalue weighted by molar-refractivity contribution is 6.09. The van der Waals surface area contributed by atoms with E-state index in [9.17, 15) is 9.59 Å². The normalized spacial score (nSPS) is 13.9. The fraction of sp³-hybridized carbons (Fsp3) is 0.267. The van der Waals surface area contributed by atoms with E-state index in [1.807, 2.05) is 60.8 Å². The molecule has 6 nitrogen and oxygen atoms in total. The number of amides is 2. The molecule has 6 heteroatoms. The van der Waals surface area contributed by atoms with Crippen LogP contribution in [0.15, 0.2) is 79.0 Å². The van der Waals surface area contributed by atoms with E-state index >= 15 is 0 Å². The maximum Gasteiger partial charge on any atom is 0.257 e. The number of anilines is 2. The van der Waals surface area contributed by atoms with E-state index in [1.165, 1.54) is 30.2 Å². The fourth-order valence-electron chi connectivity index (χ4n) is 4.94. The van der Waals surface area contributed by atoms with Gasteiger partial charge in [0.25, 0.3) is 11.8 Å². The van der Waals surface area contributed by atoms with Gasteiger partial charge in [0.05, 0.1) is 5.56 Å². The van der Waals surface area contributed by atoms with Crippen LogP contribution in [-0.4, -0.2) is 29.4 Å². The molecule has 1 fully saturated rings. The van der Waals surface area contributed by atoms with Gasteiger partial charge in [-0.25, -0.2) is 0 Å². The average molecular weight is 481 g/mol. The first kappa shape index (κ1) is 23.7. The largest absolute Gasteiger partial charge is 0.382 e. The summed E-state index contributed by atoms with van der Waals surface area (Å²) in [6, 6.07) is 23.2. The molecule has 0 unspecified atom stereocenters. The number of aromatic nitrogens is 1. The second kappa shape index (κ2) is 11.1. The highest BCUT2D eigenvalue weighted by Gasteiger charge is 2.19. The second-order valence-corrected chi connectivity index (χ2v) is 9.43. The van der Waals surface area contributed by atoms with Crippen LogP contribution in [0.25, 0.3) is 10.9 Å². The van der Waals surface area contributed by atoms with Crippen molar-refractivity contribution < 1.29 is 9.59 Å². The predicted octanol–water partition coefficient (Wildman–Crippen LogP) is 6.14. The van der Waals surface area contributed by atoms with E-state index in [4.69, 9.17) is 0 Å². The Bertz CT molecular complexity index is 1340. The molecule has 1 heterocycles. The molecule has 4 aromatic rings. The molecule has 2 amide bonds. The SMILES string of the molecule is O=C(NCCc1c[nH]c2ccccc12)c1ccc(NC2CCCCC2)c(C(=O)Nc2ccccc2)c1. The number of hydrogen-bond donors (Lipinski definition) is 4. The number of H-pyrrole nitrogens is 1. The lowest BCUT2D eigenvalue weighted by atomic mass is 9.94. The highest BCUT2D eigenvalue weighted by Crippen LogP contribution is 2.26. The van der Waals surface area contributed by atoms with E-state index in [-0.39, 0.29) is 11.8 Å². The lowest BCUT2D eigenvalue weighted by Gasteiger charge is -2.25. The summed E-state index contributed by atoms with van der Waals surface area (Å²) in [5, 5.41) is 10.7. The van der Waals surface area contributed by atoms with Crippen LogP contribution >= 0.6 is 0 Å². The van der Waals surface area contributed by atoms with Crippen molar-refractivity contribution in [1.82, 2.24) is 10.3 Å². The summed E-state index contributed by atoms with van der Waals surface area (Å²) in [4.78, 5) is 29.5. The summed E-state index contributed by atoms with van der Waals surface area (Å²) in [5.74, 6) is -0.416. The van der Waals surface area contributed by atoms with Gasteiger partial charge in [0.1, 0.15) is 0 Å². The van der Waals surface area contributed by atoms with E-state index in [0.29, 0.717) is 23.7 Å². The fourth-order valence-corrected chi connectivity index (χ4v) is 4.94. The van der Waals surface area contributed by atoms with Crippen LogP contribution in [0, 0.1) is 0 Å². The van der Waals surface area contributed by atoms with Gasteiger partial charge in [-0.1, -0.05) is 55.7 Å². The molecule has 3 aromatic carbocycles. The van der Waals surface area contributed by atoms with Crippen molar-refractivity contribution in [3.05, 3.63) is 95.7 Å². The minimum Gasteiger partial charge on any atom is -0.382 e. The Morgan fingerprint density at radius 1 is 0.861 bits per heavy atom. The van der Waals surface area contributed by atoms with Crippen LogP contribution in [-0.2, 0) is 6.42 Å². The average Bonchev–Trinajstić information content (AvgIpc) is 3.33. The summed E-state index contributed by atoms with van der Waals surface area (Å²) >= 11 is 0. The Balaban J connectivity index is 1.30. The number of benzene rings is 3. The Morgan fingerprint density at radius 3 is 2.47 bits per heavy atom. The number of para-hydroxylation sites is 2. The van der Waals surface area contributed by atoms with Crippen molar-refractivity contribution in [2.24, 2.45) is 0 Å². The number of hydrogen-bond acceptors (Lipinski definition) is 3. The summed E-state index contributed by atoms with van der Waals surface area (Å²) in [5.41, 5.74) is 4.70. The molecular weight excluding hydrogens is 448 g/mol.